The lowest BCUT2D eigenvalue weighted by Crippen LogP contribution is -2.34. The number of anilines is 1. The van der Waals surface area contributed by atoms with Crippen molar-refractivity contribution in [3.63, 3.8) is 0 Å². The first kappa shape index (κ1) is 17.8. The van der Waals surface area contributed by atoms with Gasteiger partial charge in [0.2, 0.25) is 5.91 Å². The molecule has 7 heteroatoms. The third-order valence-corrected chi connectivity index (χ3v) is 4.20. The van der Waals surface area contributed by atoms with Gasteiger partial charge in [-0.1, -0.05) is 25.1 Å². The molecule has 2 aromatic rings. The summed E-state index contributed by atoms with van der Waals surface area (Å²) in [5.41, 5.74) is 5.82. The van der Waals surface area contributed by atoms with Crippen LogP contribution >= 0.6 is 11.3 Å². The average Bonchev–Trinajstić information content (AvgIpc) is 3.07. The molecule has 1 atom stereocenters. The maximum Gasteiger partial charge on any atom is 0.312 e. The van der Waals surface area contributed by atoms with E-state index in [4.69, 9.17) is 10.5 Å². The number of carbonyl (C=O) groups excluding carboxylic acids is 2. The number of nitrogens with one attached hydrogen (secondary N) is 2. The highest BCUT2D eigenvalue weighted by atomic mass is 32.1. The van der Waals surface area contributed by atoms with Gasteiger partial charge < -0.3 is 21.1 Å². The maximum absolute atomic E-state index is 12.4. The molecule has 0 aliphatic rings. The fourth-order valence-electron chi connectivity index (χ4n) is 2.18. The first-order valence-corrected chi connectivity index (χ1v) is 8.59. The number of amides is 3. The van der Waals surface area contributed by atoms with Crippen LogP contribution in [0.2, 0.25) is 0 Å². The van der Waals surface area contributed by atoms with Crippen molar-refractivity contribution < 1.29 is 14.3 Å². The number of carbonyl (C=O) groups is 2. The smallest absolute Gasteiger partial charge is 0.312 e. The highest BCUT2D eigenvalue weighted by Gasteiger charge is 2.19. The van der Waals surface area contributed by atoms with E-state index < -0.39 is 12.1 Å². The predicted octanol–water partition coefficient (Wildman–Crippen LogP) is 3.28. The minimum absolute atomic E-state index is 0.0889. The number of urea groups is 1. The molecule has 1 heterocycles. The molecule has 0 saturated carbocycles. The van der Waals surface area contributed by atoms with Gasteiger partial charge in [0.25, 0.3) is 0 Å². The fourth-order valence-corrected chi connectivity index (χ4v) is 2.96. The quantitative estimate of drug-likeness (QED) is 0.684. The topological polar surface area (TPSA) is 93.4 Å². The van der Waals surface area contributed by atoms with Crippen molar-refractivity contribution in [2.75, 3.05) is 11.9 Å². The number of benzene rings is 1. The zero-order chi connectivity index (χ0) is 17.4. The Labute approximate surface area is 145 Å². The molecule has 128 valence electrons. The Morgan fingerprint density at radius 2 is 2.04 bits per heavy atom. The lowest BCUT2D eigenvalue weighted by atomic mass is 10.1. The number of ether oxygens (including phenoxy) is 1. The molecular weight excluding hydrogens is 326 g/mol. The summed E-state index contributed by atoms with van der Waals surface area (Å²) in [6.45, 7) is 2.59. The SMILES string of the molecule is CCCOc1ccccc1NC(=O)CC(NC(N)=O)c1cccs1. The van der Waals surface area contributed by atoms with Crippen molar-refractivity contribution in [2.24, 2.45) is 5.73 Å². The molecule has 1 aromatic heterocycles. The Bertz CT molecular complexity index is 673. The second-order valence-electron chi connectivity index (χ2n) is 5.17. The molecular formula is C17H21N3O3S. The summed E-state index contributed by atoms with van der Waals surface area (Å²) < 4.78 is 5.63. The number of hydrogen-bond acceptors (Lipinski definition) is 4. The van der Waals surface area contributed by atoms with E-state index in [0.717, 1.165) is 11.3 Å². The Balaban J connectivity index is 2.04. The Kier molecular flexibility index (Phi) is 6.62. The minimum atomic E-state index is -0.659. The summed E-state index contributed by atoms with van der Waals surface area (Å²) >= 11 is 1.46. The van der Waals surface area contributed by atoms with Gasteiger partial charge >= 0.3 is 6.03 Å². The van der Waals surface area contributed by atoms with Crippen molar-refractivity contribution in [1.82, 2.24) is 5.32 Å². The lowest BCUT2D eigenvalue weighted by Gasteiger charge is -2.17. The summed E-state index contributed by atoms with van der Waals surface area (Å²) in [6.07, 6.45) is 0.969. The summed E-state index contributed by atoms with van der Waals surface area (Å²) in [6, 6.07) is 9.88. The van der Waals surface area contributed by atoms with E-state index in [1.807, 2.05) is 42.6 Å². The molecule has 2 rings (SSSR count). The largest absolute Gasteiger partial charge is 0.491 e. The van der Waals surface area contributed by atoms with Crippen LogP contribution in [0.25, 0.3) is 0 Å². The summed E-state index contributed by atoms with van der Waals surface area (Å²) in [5, 5.41) is 7.32. The second kappa shape index (κ2) is 8.93. The van der Waals surface area contributed by atoms with Crippen molar-refractivity contribution >= 4 is 29.0 Å². The standard InChI is InChI=1S/C17H21N3O3S/c1-2-9-23-14-7-4-3-6-12(14)19-16(21)11-13(20-17(18)22)15-8-5-10-24-15/h3-8,10,13H,2,9,11H2,1H3,(H,19,21)(H3,18,20,22). The normalized spacial score (nSPS) is 11.5. The molecule has 0 aliphatic heterocycles. The predicted molar refractivity (Wildman–Crippen MR) is 95.3 cm³/mol. The van der Waals surface area contributed by atoms with Gasteiger partial charge in [-0.05, 0) is 30.0 Å². The molecule has 0 spiro atoms. The number of thiophene rings is 1. The number of nitrogens with two attached hydrogens (primary N) is 1. The highest BCUT2D eigenvalue weighted by molar-refractivity contribution is 7.10. The first-order valence-electron chi connectivity index (χ1n) is 7.71. The Morgan fingerprint density at radius 1 is 1.25 bits per heavy atom. The van der Waals surface area contributed by atoms with E-state index in [1.54, 1.807) is 6.07 Å². The molecule has 0 bridgehead atoms. The van der Waals surface area contributed by atoms with E-state index in [0.29, 0.717) is 18.0 Å². The number of primary amides is 1. The number of hydrogen-bond donors (Lipinski definition) is 3. The Morgan fingerprint density at radius 3 is 2.71 bits per heavy atom. The lowest BCUT2D eigenvalue weighted by molar-refractivity contribution is -0.116. The Hall–Kier alpha value is -2.54. The fraction of sp³-hybridized carbons (Fsp3) is 0.294. The van der Waals surface area contributed by atoms with Gasteiger partial charge in [-0.15, -0.1) is 11.3 Å². The van der Waals surface area contributed by atoms with E-state index >= 15 is 0 Å². The zero-order valence-corrected chi connectivity index (χ0v) is 14.3. The van der Waals surface area contributed by atoms with Crippen LogP contribution < -0.4 is 21.1 Å². The van der Waals surface area contributed by atoms with Gasteiger partial charge in [0.05, 0.1) is 24.8 Å². The third-order valence-electron chi connectivity index (χ3n) is 3.22. The number of rotatable bonds is 8. The monoisotopic (exact) mass is 347 g/mol. The van der Waals surface area contributed by atoms with Crippen LogP contribution in [0.5, 0.6) is 5.75 Å². The molecule has 24 heavy (non-hydrogen) atoms. The van der Waals surface area contributed by atoms with E-state index in [1.165, 1.54) is 11.3 Å². The number of para-hydroxylation sites is 2. The molecule has 0 fully saturated rings. The van der Waals surface area contributed by atoms with Crippen LogP contribution in [-0.2, 0) is 4.79 Å². The second-order valence-corrected chi connectivity index (χ2v) is 6.15. The molecule has 0 aliphatic carbocycles. The first-order chi connectivity index (χ1) is 11.6. The van der Waals surface area contributed by atoms with E-state index in [-0.39, 0.29) is 12.3 Å². The van der Waals surface area contributed by atoms with Gasteiger partial charge in [-0.2, -0.15) is 0 Å². The van der Waals surface area contributed by atoms with Crippen LogP contribution in [0.1, 0.15) is 30.7 Å². The molecule has 6 nitrogen and oxygen atoms in total. The average molecular weight is 347 g/mol. The van der Waals surface area contributed by atoms with Crippen LogP contribution in [-0.4, -0.2) is 18.5 Å². The van der Waals surface area contributed by atoms with Crippen LogP contribution in [0.3, 0.4) is 0 Å². The van der Waals surface area contributed by atoms with Gasteiger partial charge in [0.15, 0.2) is 0 Å². The van der Waals surface area contributed by atoms with Gasteiger partial charge in [0.1, 0.15) is 5.75 Å². The van der Waals surface area contributed by atoms with Gasteiger partial charge in [-0.25, -0.2) is 4.79 Å². The van der Waals surface area contributed by atoms with Crippen molar-refractivity contribution in [3.8, 4) is 5.75 Å². The van der Waals surface area contributed by atoms with Crippen LogP contribution in [0.15, 0.2) is 41.8 Å². The summed E-state index contributed by atoms with van der Waals surface area (Å²) in [4.78, 5) is 24.4. The van der Waals surface area contributed by atoms with Crippen LogP contribution in [0, 0.1) is 0 Å². The molecule has 4 N–H and O–H groups in total. The van der Waals surface area contributed by atoms with Gasteiger partial charge in [-0.3, -0.25) is 4.79 Å². The minimum Gasteiger partial charge on any atom is -0.491 e. The van der Waals surface area contributed by atoms with Crippen molar-refractivity contribution in [2.45, 2.75) is 25.8 Å². The van der Waals surface area contributed by atoms with E-state index in [9.17, 15) is 9.59 Å². The third kappa shape index (κ3) is 5.27. The zero-order valence-electron chi connectivity index (χ0n) is 13.5. The highest BCUT2D eigenvalue weighted by Crippen LogP contribution is 2.26. The van der Waals surface area contributed by atoms with Crippen molar-refractivity contribution in [1.29, 1.82) is 0 Å². The maximum atomic E-state index is 12.4. The van der Waals surface area contributed by atoms with E-state index in [2.05, 4.69) is 10.6 Å². The summed E-state index contributed by atoms with van der Waals surface area (Å²) in [5.74, 6) is 0.401. The van der Waals surface area contributed by atoms with Crippen molar-refractivity contribution in [3.05, 3.63) is 46.7 Å². The molecule has 1 unspecified atom stereocenters. The molecule has 0 radical (unpaired) electrons. The molecule has 1 aromatic carbocycles. The van der Waals surface area contributed by atoms with Gasteiger partial charge in [0, 0.05) is 4.88 Å². The summed E-state index contributed by atoms with van der Waals surface area (Å²) in [7, 11) is 0. The molecule has 0 saturated heterocycles. The van der Waals surface area contributed by atoms with Crippen LogP contribution in [0.4, 0.5) is 10.5 Å². The molecule has 3 amide bonds.